The van der Waals surface area contributed by atoms with Crippen molar-refractivity contribution >= 4 is 22.5 Å². The van der Waals surface area contributed by atoms with Crippen LogP contribution in [0.5, 0.6) is 17.2 Å². The highest BCUT2D eigenvalue weighted by molar-refractivity contribution is 6.10. The number of carbonyl (C=O) groups is 1. The molecule has 27 heavy (non-hydrogen) atoms. The number of aromatic hydroxyl groups is 1. The van der Waals surface area contributed by atoms with E-state index in [1.165, 1.54) is 9.47 Å². The summed E-state index contributed by atoms with van der Waals surface area (Å²) in [5.41, 5.74) is 1.18. The summed E-state index contributed by atoms with van der Waals surface area (Å²) in [4.78, 5) is 27.1. The monoisotopic (exact) mass is 366 g/mol. The molecule has 0 fully saturated rings. The number of pyridine rings is 1. The molecule has 3 aromatic rings. The van der Waals surface area contributed by atoms with Crippen LogP contribution in [0, 0.1) is 6.92 Å². The van der Waals surface area contributed by atoms with E-state index in [4.69, 9.17) is 9.47 Å². The first-order valence-electron chi connectivity index (χ1n) is 8.38. The number of hydrogen-bond acceptors (Lipinski definition) is 5. The summed E-state index contributed by atoms with van der Waals surface area (Å²) in [5.74, 6) is 0.211. The van der Waals surface area contributed by atoms with Gasteiger partial charge < -0.3 is 24.0 Å². The second kappa shape index (κ2) is 6.05. The van der Waals surface area contributed by atoms with Gasteiger partial charge in [0.1, 0.15) is 11.3 Å². The number of aryl methyl sites for hydroxylation is 2. The molecule has 0 aliphatic carbocycles. The zero-order chi connectivity index (χ0) is 19.3. The van der Waals surface area contributed by atoms with Crippen molar-refractivity contribution in [3.63, 3.8) is 0 Å². The Morgan fingerprint density at radius 1 is 1.15 bits per heavy atom. The maximum absolute atomic E-state index is 13.0. The van der Waals surface area contributed by atoms with Gasteiger partial charge in [0.25, 0.3) is 11.5 Å². The van der Waals surface area contributed by atoms with Crippen molar-refractivity contribution < 1.29 is 19.4 Å². The second-order valence-corrected chi connectivity index (χ2v) is 6.51. The number of nitrogens with zero attached hydrogens (tertiary/aromatic N) is 2. The van der Waals surface area contributed by atoms with Crippen LogP contribution in [-0.4, -0.2) is 29.4 Å². The molecule has 7 heteroatoms. The van der Waals surface area contributed by atoms with Crippen LogP contribution >= 0.6 is 0 Å². The minimum absolute atomic E-state index is 0.127. The minimum atomic E-state index is -0.602. The molecule has 2 aromatic carbocycles. The van der Waals surface area contributed by atoms with E-state index in [0.717, 1.165) is 5.56 Å². The van der Waals surface area contributed by atoms with Crippen molar-refractivity contribution in [2.75, 3.05) is 18.7 Å². The molecular formula is C20H18N2O5. The summed E-state index contributed by atoms with van der Waals surface area (Å²) in [6.45, 7) is 2.01. The topological polar surface area (TPSA) is 81.0 Å². The van der Waals surface area contributed by atoms with E-state index in [1.54, 1.807) is 44.4 Å². The smallest absolute Gasteiger partial charge is 0.267 e. The van der Waals surface area contributed by atoms with Gasteiger partial charge in [0.05, 0.1) is 5.52 Å². The molecule has 0 bridgehead atoms. The molecule has 0 spiro atoms. The van der Waals surface area contributed by atoms with Gasteiger partial charge in [-0.2, -0.15) is 0 Å². The van der Waals surface area contributed by atoms with E-state index in [0.29, 0.717) is 28.1 Å². The zero-order valence-corrected chi connectivity index (χ0v) is 15.1. The average Bonchev–Trinajstić information content (AvgIpc) is 3.13. The quantitative estimate of drug-likeness (QED) is 0.754. The summed E-state index contributed by atoms with van der Waals surface area (Å²) in [6.07, 6.45) is 0. The van der Waals surface area contributed by atoms with E-state index in [1.807, 2.05) is 13.0 Å². The normalized spacial score (nSPS) is 12.4. The number of carbonyl (C=O) groups excluding carboxylic acids is 1. The summed E-state index contributed by atoms with van der Waals surface area (Å²) in [7, 11) is 3.12. The van der Waals surface area contributed by atoms with E-state index >= 15 is 0 Å². The Bertz CT molecular complexity index is 1150. The van der Waals surface area contributed by atoms with Gasteiger partial charge in [-0.1, -0.05) is 11.6 Å². The fourth-order valence-electron chi connectivity index (χ4n) is 3.22. The van der Waals surface area contributed by atoms with Crippen LogP contribution in [-0.2, 0) is 7.05 Å². The summed E-state index contributed by atoms with van der Waals surface area (Å²) < 4.78 is 12.0. The zero-order valence-electron chi connectivity index (χ0n) is 15.1. The van der Waals surface area contributed by atoms with E-state index < -0.39 is 11.5 Å². The van der Waals surface area contributed by atoms with Crippen LogP contribution in [0.15, 0.2) is 41.2 Å². The van der Waals surface area contributed by atoms with Gasteiger partial charge >= 0.3 is 0 Å². The van der Waals surface area contributed by atoms with Crippen molar-refractivity contribution in [2.45, 2.75) is 6.92 Å². The first kappa shape index (κ1) is 17.0. The molecule has 0 saturated carbocycles. The molecule has 4 rings (SSSR count). The molecule has 0 unspecified atom stereocenters. The van der Waals surface area contributed by atoms with Crippen LogP contribution < -0.4 is 19.9 Å². The molecule has 138 valence electrons. The standard InChI is InChI=1S/C20H18N2O5/c1-11-4-6-14-13(8-11)18(23)17(20(25)22(14)3)19(24)21(2)12-5-7-15-16(9-12)27-10-26-15/h4-9,23H,10H2,1-3H3. The van der Waals surface area contributed by atoms with Crippen LogP contribution in [0.1, 0.15) is 15.9 Å². The van der Waals surface area contributed by atoms with Crippen molar-refractivity contribution in [1.82, 2.24) is 4.57 Å². The summed E-state index contributed by atoms with van der Waals surface area (Å²) in [6, 6.07) is 10.4. The summed E-state index contributed by atoms with van der Waals surface area (Å²) in [5, 5.41) is 11.2. The molecule has 7 nitrogen and oxygen atoms in total. The first-order chi connectivity index (χ1) is 12.9. The molecule has 0 saturated heterocycles. The molecule has 1 aromatic heterocycles. The lowest BCUT2D eigenvalue weighted by atomic mass is 10.1. The Hall–Kier alpha value is -3.48. The van der Waals surface area contributed by atoms with Crippen molar-refractivity contribution in [1.29, 1.82) is 0 Å². The van der Waals surface area contributed by atoms with Gasteiger partial charge in [0, 0.05) is 31.2 Å². The highest BCUT2D eigenvalue weighted by atomic mass is 16.7. The Labute approximate surface area is 155 Å². The van der Waals surface area contributed by atoms with Crippen molar-refractivity contribution in [3.05, 3.63) is 57.9 Å². The number of ether oxygens (including phenoxy) is 2. The SMILES string of the molecule is Cc1ccc2c(c1)c(O)c(C(=O)N(C)c1ccc3c(c1)OCO3)c(=O)n2C. The lowest BCUT2D eigenvalue weighted by Crippen LogP contribution is -2.34. The molecule has 0 atom stereocenters. The van der Waals surface area contributed by atoms with Gasteiger partial charge in [-0.05, 0) is 31.2 Å². The number of benzene rings is 2. The van der Waals surface area contributed by atoms with Crippen LogP contribution in [0.3, 0.4) is 0 Å². The predicted octanol–water partition coefficient (Wildman–Crippen LogP) is 2.56. The number of amides is 1. The molecule has 1 aliphatic heterocycles. The number of aromatic nitrogens is 1. The summed E-state index contributed by atoms with van der Waals surface area (Å²) >= 11 is 0. The molecule has 1 aliphatic rings. The van der Waals surface area contributed by atoms with Crippen LogP contribution in [0.2, 0.25) is 0 Å². The third-order valence-electron chi connectivity index (χ3n) is 4.79. The third-order valence-corrected chi connectivity index (χ3v) is 4.79. The van der Waals surface area contributed by atoms with Crippen molar-refractivity contribution in [2.24, 2.45) is 7.05 Å². The van der Waals surface area contributed by atoms with Gasteiger partial charge in [-0.3, -0.25) is 9.59 Å². The maximum Gasteiger partial charge on any atom is 0.267 e. The number of hydrogen-bond donors (Lipinski definition) is 1. The van der Waals surface area contributed by atoms with Gasteiger partial charge in [-0.25, -0.2) is 0 Å². The Morgan fingerprint density at radius 3 is 2.67 bits per heavy atom. The fourth-order valence-corrected chi connectivity index (χ4v) is 3.22. The first-order valence-corrected chi connectivity index (χ1v) is 8.38. The number of rotatable bonds is 2. The largest absolute Gasteiger partial charge is 0.506 e. The highest BCUT2D eigenvalue weighted by Crippen LogP contribution is 2.36. The van der Waals surface area contributed by atoms with Crippen LogP contribution in [0.25, 0.3) is 10.9 Å². The molecule has 1 amide bonds. The lowest BCUT2D eigenvalue weighted by molar-refractivity contribution is 0.0988. The van der Waals surface area contributed by atoms with Crippen molar-refractivity contribution in [3.8, 4) is 17.2 Å². The molecule has 2 heterocycles. The number of fused-ring (bicyclic) bond motifs is 2. The Kier molecular flexibility index (Phi) is 3.80. The predicted molar refractivity (Wildman–Crippen MR) is 101 cm³/mol. The lowest BCUT2D eigenvalue weighted by Gasteiger charge is -2.19. The van der Waals surface area contributed by atoms with Crippen LogP contribution in [0.4, 0.5) is 5.69 Å². The van der Waals surface area contributed by atoms with E-state index in [-0.39, 0.29) is 18.1 Å². The molecular weight excluding hydrogens is 348 g/mol. The average molecular weight is 366 g/mol. The Morgan fingerprint density at radius 2 is 1.89 bits per heavy atom. The molecule has 0 radical (unpaired) electrons. The van der Waals surface area contributed by atoms with Gasteiger partial charge in [0.2, 0.25) is 6.79 Å². The van der Waals surface area contributed by atoms with Gasteiger partial charge in [-0.15, -0.1) is 0 Å². The Balaban J connectivity index is 1.84. The third kappa shape index (κ3) is 2.59. The van der Waals surface area contributed by atoms with E-state index in [9.17, 15) is 14.7 Å². The maximum atomic E-state index is 13.0. The van der Waals surface area contributed by atoms with Gasteiger partial charge in [0.15, 0.2) is 11.5 Å². The number of anilines is 1. The minimum Gasteiger partial charge on any atom is -0.506 e. The second-order valence-electron chi connectivity index (χ2n) is 6.51. The van der Waals surface area contributed by atoms with E-state index in [2.05, 4.69) is 0 Å². The molecule has 1 N–H and O–H groups in total. The highest BCUT2D eigenvalue weighted by Gasteiger charge is 2.26. The fraction of sp³-hybridized carbons (Fsp3) is 0.200.